The van der Waals surface area contributed by atoms with Gasteiger partial charge in [-0.25, -0.2) is 0 Å². The number of benzene rings is 5. The number of rotatable bonds is 3. The van der Waals surface area contributed by atoms with Crippen LogP contribution >= 0.6 is 0 Å². The van der Waals surface area contributed by atoms with E-state index in [2.05, 4.69) is 115 Å². The lowest BCUT2D eigenvalue weighted by Crippen LogP contribution is -1.93. The molecule has 5 aromatic carbocycles. The molecular formula is C31H21N. The Kier molecular flexibility index (Phi) is 4.51. The fraction of sp³-hybridized carbons (Fsp3) is 0. The molecule has 0 aliphatic carbocycles. The van der Waals surface area contributed by atoms with Crippen molar-refractivity contribution in [2.45, 2.75) is 0 Å². The second-order valence-corrected chi connectivity index (χ2v) is 7.97. The van der Waals surface area contributed by atoms with Crippen molar-refractivity contribution in [2.24, 2.45) is 0 Å². The van der Waals surface area contributed by atoms with E-state index in [1.165, 1.54) is 49.4 Å². The molecule has 1 aromatic heterocycles. The number of pyridine rings is 1. The van der Waals surface area contributed by atoms with E-state index in [1.54, 1.807) is 0 Å². The van der Waals surface area contributed by atoms with Crippen molar-refractivity contribution < 1.29 is 0 Å². The Labute approximate surface area is 187 Å². The Morgan fingerprint density at radius 2 is 0.875 bits per heavy atom. The molecule has 1 heterocycles. The number of nitrogens with zero attached hydrogens (tertiary/aromatic N) is 1. The van der Waals surface area contributed by atoms with Gasteiger partial charge in [0.2, 0.25) is 0 Å². The lowest BCUT2D eigenvalue weighted by molar-refractivity contribution is 1.34. The van der Waals surface area contributed by atoms with E-state index >= 15 is 0 Å². The minimum atomic E-state index is 1.00. The second-order valence-electron chi connectivity index (χ2n) is 7.97. The molecule has 0 atom stereocenters. The quantitative estimate of drug-likeness (QED) is 0.268. The first-order valence-electron chi connectivity index (χ1n) is 10.9. The first kappa shape index (κ1) is 18.5. The number of hydrogen-bond donors (Lipinski definition) is 0. The van der Waals surface area contributed by atoms with Gasteiger partial charge in [0, 0.05) is 11.8 Å². The van der Waals surface area contributed by atoms with Crippen molar-refractivity contribution in [1.29, 1.82) is 0 Å². The molecule has 0 N–H and O–H groups in total. The van der Waals surface area contributed by atoms with Crippen molar-refractivity contribution in [1.82, 2.24) is 4.98 Å². The van der Waals surface area contributed by atoms with Gasteiger partial charge in [-0.3, -0.25) is 4.98 Å². The van der Waals surface area contributed by atoms with Crippen molar-refractivity contribution in [2.75, 3.05) is 0 Å². The molecule has 0 aliphatic rings. The van der Waals surface area contributed by atoms with Crippen molar-refractivity contribution in [3.05, 3.63) is 128 Å². The van der Waals surface area contributed by atoms with Gasteiger partial charge in [-0.2, -0.15) is 0 Å². The molecule has 6 rings (SSSR count). The summed E-state index contributed by atoms with van der Waals surface area (Å²) in [7, 11) is 0. The van der Waals surface area contributed by atoms with Gasteiger partial charge in [-0.15, -0.1) is 0 Å². The Morgan fingerprint density at radius 3 is 1.47 bits per heavy atom. The van der Waals surface area contributed by atoms with Gasteiger partial charge in [-0.1, -0.05) is 109 Å². The molecule has 1 nitrogen and oxygen atoms in total. The average Bonchev–Trinajstić information content (AvgIpc) is 2.88. The van der Waals surface area contributed by atoms with Crippen LogP contribution in [0.5, 0.6) is 0 Å². The highest BCUT2D eigenvalue weighted by Crippen LogP contribution is 2.45. The lowest BCUT2D eigenvalue weighted by atomic mass is 9.85. The summed E-state index contributed by atoms with van der Waals surface area (Å²) in [6.45, 7) is 0. The molecule has 1 heteroatoms. The van der Waals surface area contributed by atoms with Crippen LogP contribution in [-0.2, 0) is 0 Å². The Bertz CT molecular complexity index is 1490. The van der Waals surface area contributed by atoms with Crippen LogP contribution in [0.4, 0.5) is 0 Å². The molecule has 0 fully saturated rings. The predicted molar refractivity (Wildman–Crippen MR) is 136 cm³/mol. The van der Waals surface area contributed by atoms with E-state index < -0.39 is 0 Å². The smallest absolute Gasteiger partial charge is 0.0714 e. The van der Waals surface area contributed by atoms with Crippen LogP contribution in [0.1, 0.15) is 0 Å². The number of hydrogen-bond acceptors (Lipinski definition) is 1. The summed E-state index contributed by atoms with van der Waals surface area (Å²) in [5.74, 6) is 0. The minimum Gasteiger partial charge on any atom is -0.256 e. The van der Waals surface area contributed by atoms with E-state index in [1.807, 2.05) is 12.3 Å². The molecule has 0 amide bonds. The summed E-state index contributed by atoms with van der Waals surface area (Å²) in [6, 6.07) is 42.9. The molecule has 0 saturated carbocycles. The maximum absolute atomic E-state index is 4.72. The zero-order valence-corrected chi connectivity index (χ0v) is 17.6. The van der Waals surface area contributed by atoms with E-state index in [-0.39, 0.29) is 0 Å². The summed E-state index contributed by atoms with van der Waals surface area (Å²) in [4.78, 5) is 4.72. The van der Waals surface area contributed by atoms with Crippen LogP contribution in [0.3, 0.4) is 0 Å². The van der Waals surface area contributed by atoms with Crippen molar-refractivity contribution in [3.8, 4) is 33.5 Å². The molecule has 0 spiro atoms. The molecule has 0 unspecified atom stereocenters. The molecule has 32 heavy (non-hydrogen) atoms. The summed E-state index contributed by atoms with van der Waals surface area (Å²) in [5, 5.41) is 4.94. The van der Waals surface area contributed by atoms with Crippen LogP contribution in [0.2, 0.25) is 0 Å². The highest BCUT2D eigenvalue weighted by atomic mass is 14.7. The Balaban J connectivity index is 1.79. The standard InChI is InChI=1S/C31H21N/c1-2-12-22(13-3-1)23-14-4-5-15-24(23)30-25-16-6-8-18-27(25)31(29-20-10-11-21-32-29)28-19-9-7-17-26(28)30/h1-21H. The molecular weight excluding hydrogens is 386 g/mol. The van der Waals surface area contributed by atoms with E-state index in [4.69, 9.17) is 4.98 Å². The van der Waals surface area contributed by atoms with Gasteiger partial charge in [0.1, 0.15) is 0 Å². The van der Waals surface area contributed by atoms with Gasteiger partial charge >= 0.3 is 0 Å². The van der Waals surface area contributed by atoms with E-state index in [9.17, 15) is 0 Å². The number of fused-ring (bicyclic) bond motifs is 2. The molecule has 0 aliphatic heterocycles. The van der Waals surface area contributed by atoms with Gasteiger partial charge in [0.15, 0.2) is 0 Å². The zero-order valence-electron chi connectivity index (χ0n) is 17.6. The Morgan fingerprint density at radius 1 is 0.375 bits per heavy atom. The summed E-state index contributed by atoms with van der Waals surface area (Å²) < 4.78 is 0. The highest BCUT2D eigenvalue weighted by molar-refractivity contribution is 6.22. The second kappa shape index (κ2) is 7.79. The highest BCUT2D eigenvalue weighted by Gasteiger charge is 2.18. The van der Waals surface area contributed by atoms with E-state index in [0.717, 1.165) is 5.69 Å². The van der Waals surface area contributed by atoms with Gasteiger partial charge < -0.3 is 0 Å². The van der Waals surface area contributed by atoms with Gasteiger partial charge in [-0.05, 0) is 55.9 Å². The van der Waals surface area contributed by atoms with Crippen LogP contribution in [0, 0.1) is 0 Å². The summed E-state index contributed by atoms with van der Waals surface area (Å²) in [6.07, 6.45) is 1.87. The molecule has 0 saturated heterocycles. The number of aromatic nitrogens is 1. The molecule has 150 valence electrons. The third kappa shape index (κ3) is 2.99. The average molecular weight is 408 g/mol. The third-order valence-electron chi connectivity index (χ3n) is 6.13. The minimum absolute atomic E-state index is 1.00. The lowest BCUT2D eigenvalue weighted by Gasteiger charge is -2.19. The van der Waals surface area contributed by atoms with Gasteiger partial charge in [0.05, 0.1) is 5.69 Å². The van der Waals surface area contributed by atoms with Crippen molar-refractivity contribution >= 4 is 21.5 Å². The molecule has 0 bridgehead atoms. The van der Waals surface area contributed by atoms with Crippen LogP contribution in [0.15, 0.2) is 128 Å². The van der Waals surface area contributed by atoms with Crippen LogP contribution in [-0.4, -0.2) is 4.98 Å². The first-order valence-corrected chi connectivity index (χ1v) is 10.9. The fourth-order valence-electron chi connectivity index (χ4n) is 4.78. The molecule has 6 aromatic rings. The van der Waals surface area contributed by atoms with Crippen molar-refractivity contribution in [3.63, 3.8) is 0 Å². The fourth-order valence-corrected chi connectivity index (χ4v) is 4.78. The maximum atomic E-state index is 4.72. The zero-order chi connectivity index (χ0) is 21.3. The van der Waals surface area contributed by atoms with Crippen LogP contribution in [0.25, 0.3) is 55.1 Å². The topological polar surface area (TPSA) is 12.9 Å². The SMILES string of the molecule is c1ccc(-c2ccccc2-c2c3ccccc3c(-c3ccccn3)c3ccccc23)cc1. The summed E-state index contributed by atoms with van der Waals surface area (Å²) >= 11 is 0. The van der Waals surface area contributed by atoms with Gasteiger partial charge in [0.25, 0.3) is 0 Å². The van der Waals surface area contributed by atoms with E-state index in [0.29, 0.717) is 0 Å². The first-order chi connectivity index (χ1) is 15.9. The normalized spacial score (nSPS) is 11.1. The monoisotopic (exact) mass is 407 g/mol. The Hall–Kier alpha value is -4.23. The third-order valence-corrected chi connectivity index (χ3v) is 6.13. The summed E-state index contributed by atoms with van der Waals surface area (Å²) in [5.41, 5.74) is 7.19. The molecule has 0 radical (unpaired) electrons. The largest absolute Gasteiger partial charge is 0.256 e. The van der Waals surface area contributed by atoms with Crippen LogP contribution < -0.4 is 0 Å². The predicted octanol–water partition coefficient (Wildman–Crippen LogP) is 8.39. The maximum Gasteiger partial charge on any atom is 0.0714 e.